The van der Waals surface area contributed by atoms with Crippen LogP contribution in [0.5, 0.6) is 0 Å². The monoisotopic (exact) mass is 265 g/mol. The fourth-order valence-corrected chi connectivity index (χ4v) is 3.34. The van der Waals surface area contributed by atoms with E-state index >= 15 is 0 Å². The highest BCUT2D eigenvalue weighted by Crippen LogP contribution is 2.42. The molecule has 108 valence electrons. The molecule has 2 rings (SSSR count). The predicted molar refractivity (Wildman–Crippen MR) is 77.4 cm³/mol. The molecule has 0 saturated carbocycles. The van der Waals surface area contributed by atoms with E-state index in [1.54, 1.807) is 0 Å². The predicted octanol–water partition coefficient (Wildman–Crippen LogP) is 3.40. The van der Waals surface area contributed by atoms with Gasteiger partial charge in [-0.2, -0.15) is 0 Å². The molecule has 0 spiro atoms. The number of nitrogens with zero attached hydrogens (tertiary/aromatic N) is 1. The lowest BCUT2D eigenvalue weighted by Crippen LogP contribution is -2.28. The Morgan fingerprint density at radius 2 is 2.21 bits per heavy atom. The van der Waals surface area contributed by atoms with Crippen molar-refractivity contribution in [2.45, 2.75) is 59.6 Å². The minimum absolute atomic E-state index is 0.167. The average Bonchev–Trinajstić information content (AvgIpc) is 2.61. The zero-order valence-corrected chi connectivity index (χ0v) is 12.9. The lowest BCUT2D eigenvalue weighted by molar-refractivity contribution is 0.0927. The highest BCUT2D eigenvalue weighted by Gasteiger charge is 2.34. The highest BCUT2D eigenvalue weighted by molar-refractivity contribution is 5.33. The van der Waals surface area contributed by atoms with Crippen LogP contribution in [0.3, 0.4) is 0 Å². The maximum atomic E-state index is 10.3. The Kier molecular flexibility index (Phi) is 4.07. The summed E-state index contributed by atoms with van der Waals surface area (Å²) in [5.41, 5.74) is 3.82. The minimum atomic E-state index is -0.321. The molecule has 0 fully saturated rings. The average molecular weight is 265 g/mol. The van der Waals surface area contributed by atoms with E-state index in [-0.39, 0.29) is 11.5 Å². The fourth-order valence-electron chi connectivity index (χ4n) is 3.34. The van der Waals surface area contributed by atoms with E-state index in [1.807, 2.05) is 6.92 Å². The molecule has 19 heavy (non-hydrogen) atoms. The number of aromatic nitrogens is 1. The number of hydrogen-bond donors (Lipinski definition) is 1. The first-order valence-electron chi connectivity index (χ1n) is 7.32. The fraction of sp³-hybridized carbons (Fsp3) is 0.750. The van der Waals surface area contributed by atoms with Crippen LogP contribution in [0.15, 0.2) is 6.07 Å². The van der Waals surface area contributed by atoms with Crippen LogP contribution in [0, 0.1) is 12.3 Å². The largest absolute Gasteiger partial charge is 0.388 e. The summed E-state index contributed by atoms with van der Waals surface area (Å²) in [6, 6.07) is 2.47. The molecule has 1 aliphatic rings. The van der Waals surface area contributed by atoms with Crippen LogP contribution in [0.2, 0.25) is 0 Å². The third kappa shape index (κ3) is 2.87. The number of aryl methyl sites for hydroxylation is 1. The summed E-state index contributed by atoms with van der Waals surface area (Å²) in [7, 11) is 0. The smallest absolute Gasteiger partial charge is 0.0812 e. The van der Waals surface area contributed by atoms with Crippen molar-refractivity contribution in [2.24, 2.45) is 5.41 Å². The molecule has 3 heteroatoms. The van der Waals surface area contributed by atoms with Crippen LogP contribution in [0.25, 0.3) is 0 Å². The molecular formula is C16H27NO2. The van der Waals surface area contributed by atoms with Gasteiger partial charge in [0.2, 0.25) is 0 Å². The molecule has 2 atom stereocenters. The molecule has 2 unspecified atom stereocenters. The standard InChI is InChI=1S/C16H27NO2/c1-6-19-10-12(3)17-11(2)7-13-14(17)8-16(4,5)9-15(13)18/h7,12,15,18H,6,8-10H2,1-5H3. The minimum Gasteiger partial charge on any atom is -0.388 e. The van der Waals surface area contributed by atoms with Crippen LogP contribution in [-0.2, 0) is 11.2 Å². The summed E-state index contributed by atoms with van der Waals surface area (Å²) < 4.78 is 7.92. The molecule has 0 aromatic carbocycles. The van der Waals surface area contributed by atoms with Gasteiger partial charge in [-0.1, -0.05) is 13.8 Å². The topological polar surface area (TPSA) is 34.4 Å². The van der Waals surface area contributed by atoms with E-state index in [9.17, 15) is 5.11 Å². The van der Waals surface area contributed by atoms with Gasteiger partial charge in [0.25, 0.3) is 0 Å². The highest BCUT2D eigenvalue weighted by atomic mass is 16.5. The zero-order chi connectivity index (χ0) is 14.2. The normalized spacial score (nSPS) is 23.2. The van der Waals surface area contributed by atoms with Gasteiger partial charge in [-0.3, -0.25) is 0 Å². The van der Waals surface area contributed by atoms with Gasteiger partial charge in [0.1, 0.15) is 0 Å². The molecular weight excluding hydrogens is 238 g/mol. The molecule has 1 N–H and O–H groups in total. The van der Waals surface area contributed by atoms with Crippen molar-refractivity contribution in [3.05, 3.63) is 23.0 Å². The van der Waals surface area contributed by atoms with Gasteiger partial charge < -0.3 is 14.4 Å². The van der Waals surface area contributed by atoms with Crippen molar-refractivity contribution in [2.75, 3.05) is 13.2 Å². The summed E-state index contributed by atoms with van der Waals surface area (Å²) in [5.74, 6) is 0. The lowest BCUT2D eigenvalue weighted by Gasteiger charge is -2.35. The van der Waals surface area contributed by atoms with Gasteiger partial charge in [0.15, 0.2) is 0 Å². The Balaban J connectivity index is 2.35. The number of rotatable bonds is 4. The summed E-state index contributed by atoms with van der Waals surface area (Å²) in [5, 5.41) is 10.3. The van der Waals surface area contributed by atoms with Crippen molar-refractivity contribution < 1.29 is 9.84 Å². The SMILES string of the molecule is CCOCC(C)n1c(C)cc2c1CC(C)(C)CC2O. The quantitative estimate of drug-likeness (QED) is 0.905. The van der Waals surface area contributed by atoms with Crippen molar-refractivity contribution in [1.82, 2.24) is 4.57 Å². The second kappa shape index (κ2) is 5.29. The third-order valence-corrected chi connectivity index (χ3v) is 4.12. The molecule has 0 bridgehead atoms. The van der Waals surface area contributed by atoms with Crippen LogP contribution < -0.4 is 0 Å². The summed E-state index contributed by atoms with van der Waals surface area (Å²) in [6.07, 6.45) is 1.56. The van der Waals surface area contributed by atoms with Crippen LogP contribution in [-0.4, -0.2) is 22.9 Å². The van der Waals surface area contributed by atoms with Crippen molar-refractivity contribution >= 4 is 0 Å². The molecule has 0 amide bonds. The maximum absolute atomic E-state index is 10.3. The van der Waals surface area contributed by atoms with Gasteiger partial charge in [0.05, 0.1) is 18.8 Å². The molecule has 1 aromatic heterocycles. The van der Waals surface area contributed by atoms with E-state index in [2.05, 4.69) is 38.3 Å². The molecule has 0 radical (unpaired) electrons. The molecule has 3 nitrogen and oxygen atoms in total. The summed E-state index contributed by atoms with van der Waals surface area (Å²) >= 11 is 0. The Morgan fingerprint density at radius 3 is 2.84 bits per heavy atom. The first kappa shape index (κ1) is 14.6. The third-order valence-electron chi connectivity index (χ3n) is 4.12. The molecule has 1 heterocycles. The van der Waals surface area contributed by atoms with E-state index in [1.165, 1.54) is 11.4 Å². The number of aliphatic hydroxyl groups excluding tert-OH is 1. The lowest BCUT2D eigenvalue weighted by atomic mass is 9.75. The Labute approximate surface area is 116 Å². The van der Waals surface area contributed by atoms with Gasteiger partial charge in [-0.15, -0.1) is 0 Å². The Morgan fingerprint density at radius 1 is 1.53 bits per heavy atom. The van der Waals surface area contributed by atoms with Crippen LogP contribution in [0.4, 0.5) is 0 Å². The molecule has 1 aliphatic carbocycles. The Hall–Kier alpha value is -0.800. The van der Waals surface area contributed by atoms with Crippen LogP contribution >= 0.6 is 0 Å². The number of aliphatic hydroxyl groups is 1. The number of hydrogen-bond acceptors (Lipinski definition) is 2. The van der Waals surface area contributed by atoms with Crippen LogP contribution in [0.1, 0.15) is 63.2 Å². The number of ether oxygens (including phenoxy) is 1. The van der Waals surface area contributed by atoms with Crippen molar-refractivity contribution in [1.29, 1.82) is 0 Å². The van der Waals surface area contributed by atoms with Gasteiger partial charge >= 0.3 is 0 Å². The van der Waals surface area contributed by atoms with Crippen molar-refractivity contribution in [3.63, 3.8) is 0 Å². The van der Waals surface area contributed by atoms with Gasteiger partial charge in [0, 0.05) is 23.6 Å². The van der Waals surface area contributed by atoms with E-state index in [0.29, 0.717) is 6.04 Å². The Bertz CT molecular complexity index is 448. The molecule has 0 saturated heterocycles. The van der Waals surface area contributed by atoms with E-state index in [0.717, 1.165) is 31.6 Å². The maximum Gasteiger partial charge on any atom is 0.0812 e. The van der Waals surface area contributed by atoms with Gasteiger partial charge in [-0.05, 0) is 45.1 Å². The van der Waals surface area contributed by atoms with Gasteiger partial charge in [-0.25, -0.2) is 0 Å². The second-order valence-electron chi connectivity index (χ2n) is 6.63. The summed E-state index contributed by atoms with van der Waals surface area (Å²) in [4.78, 5) is 0. The number of fused-ring (bicyclic) bond motifs is 1. The first-order valence-corrected chi connectivity index (χ1v) is 7.32. The van der Waals surface area contributed by atoms with Crippen molar-refractivity contribution in [3.8, 4) is 0 Å². The zero-order valence-electron chi connectivity index (χ0n) is 12.9. The second-order valence-corrected chi connectivity index (χ2v) is 6.63. The summed E-state index contributed by atoms with van der Waals surface area (Å²) in [6.45, 7) is 12.3. The van der Waals surface area contributed by atoms with E-state index < -0.39 is 0 Å². The van der Waals surface area contributed by atoms with E-state index in [4.69, 9.17) is 4.74 Å². The molecule has 0 aliphatic heterocycles. The first-order chi connectivity index (χ1) is 8.85. The molecule has 1 aromatic rings.